The SMILES string of the molecule is Cl.Cl.Fc1cc(F)c(F)c([C@H](CCC(F)(F)F)N2CCNCC2)c1F. The van der Waals surface area contributed by atoms with Gasteiger partial charge in [0.1, 0.15) is 0 Å². The molecule has 1 saturated heterocycles. The first kappa shape index (κ1) is 24.2. The quantitative estimate of drug-likeness (QED) is 0.578. The molecule has 1 aromatic rings. The normalized spacial score (nSPS) is 16.8. The predicted molar refractivity (Wildman–Crippen MR) is 83.2 cm³/mol. The van der Waals surface area contributed by atoms with Gasteiger partial charge in [0, 0.05) is 50.3 Å². The van der Waals surface area contributed by atoms with Crippen LogP contribution in [-0.4, -0.2) is 37.3 Å². The van der Waals surface area contributed by atoms with Crippen molar-refractivity contribution in [3.8, 4) is 0 Å². The van der Waals surface area contributed by atoms with Gasteiger partial charge in [-0.2, -0.15) is 13.2 Å². The summed E-state index contributed by atoms with van der Waals surface area (Å²) in [5.74, 6) is -6.53. The van der Waals surface area contributed by atoms with Crippen LogP contribution in [0.3, 0.4) is 0 Å². The Morgan fingerprint density at radius 1 is 0.960 bits per heavy atom. The zero-order chi connectivity index (χ0) is 17.2. The lowest BCUT2D eigenvalue weighted by molar-refractivity contribution is -0.138. The number of piperazine rings is 1. The molecule has 146 valence electrons. The Hall–Kier alpha value is -0.770. The minimum Gasteiger partial charge on any atom is -0.314 e. The maximum Gasteiger partial charge on any atom is 0.389 e. The Labute approximate surface area is 152 Å². The van der Waals surface area contributed by atoms with Crippen LogP contribution in [0.2, 0.25) is 0 Å². The summed E-state index contributed by atoms with van der Waals surface area (Å²) in [6, 6.07) is -1.34. The van der Waals surface area contributed by atoms with Gasteiger partial charge in [-0.05, 0) is 6.42 Å². The van der Waals surface area contributed by atoms with E-state index in [9.17, 15) is 30.7 Å². The maximum absolute atomic E-state index is 14.0. The Balaban J connectivity index is 0.00000288. The van der Waals surface area contributed by atoms with Crippen LogP contribution in [0.1, 0.15) is 24.4 Å². The molecule has 1 aromatic carbocycles. The third-order valence-electron chi connectivity index (χ3n) is 3.77. The monoisotopic (exact) mass is 416 g/mol. The van der Waals surface area contributed by atoms with Gasteiger partial charge in [-0.15, -0.1) is 24.8 Å². The van der Waals surface area contributed by atoms with Crippen LogP contribution in [-0.2, 0) is 0 Å². The molecule has 0 radical (unpaired) electrons. The fourth-order valence-corrected chi connectivity index (χ4v) is 2.69. The van der Waals surface area contributed by atoms with Gasteiger partial charge in [-0.25, -0.2) is 17.6 Å². The third-order valence-corrected chi connectivity index (χ3v) is 3.77. The molecule has 25 heavy (non-hydrogen) atoms. The lowest BCUT2D eigenvalue weighted by Crippen LogP contribution is -2.45. The summed E-state index contributed by atoms with van der Waals surface area (Å²) in [5, 5.41) is 2.95. The van der Waals surface area contributed by atoms with Crippen molar-refractivity contribution in [2.75, 3.05) is 26.2 Å². The number of halogens is 9. The largest absolute Gasteiger partial charge is 0.389 e. The van der Waals surface area contributed by atoms with Gasteiger partial charge in [0.2, 0.25) is 0 Å². The molecule has 11 heteroatoms. The van der Waals surface area contributed by atoms with Gasteiger partial charge >= 0.3 is 6.18 Å². The molecule has 1 atom stereocenters. The van der Waals surface area contributed by atoms with E-state index < -0.39 is 53.9 Å². The second-order valence-corrected chi connectivity index (χ2v) is 5.34. The Bertz CT molecular complexity index is 537. The van der Waals surface area contributed by atoms with Crippen molar-refractivity contribution in [1.82, 2.24) is 10.2 Å². The average Bonchev–Trinajstić information content (AvgIpc) is 2.48. The number of rotatable bonds is 4. The number of nitrogens with zero attached hydrogens (tertiary/aromatic N) is 1. The summed E-state index contributed by atoms with van der Waals surface area (Å²) in [6.45, 7) is 1.26. The molecule has 0 aliphatic carbocycles. The van der Waals surface area contributed by atoms with E-state index in [1.165, 1.54) is 4.90 Å². The van der Waals surface area contributed by atoms with Gasteiger partial charge in [-0.3, -0.25) is 4.90 Å². The predicted octanol–water partition coefficient (Wildman–Crippen LogP) is 4.38. The minimum atomic E-state index is -4.54. The first-order valence-corrected chi connectivity index (χ1v) is 7.05. The first-order valence-electron chi connectivity index (χ1n) is 7.05. The van der Waals surface area contributed by atoms with E-state index in [4.69, 9.17) is 0 Å². The van der Waals surface area contributed by atoms with Crippen LogP contribution in [0.5, 0.6) is 0 Å². The lowest BCUT2D eigenvalue weighted by Gasteiger charge is -2.35. The van der Waals surface area contributed by atoms with Crippen LogP contribution < -0.4 is 5.32 Å². The topological polar surface area (TPSA) is 15.3 Å². The second kappa shape index (κ2) is 9.80. The number of hydrogen-bond donors (Lipinski definition) is 1. The molecule has 1 aliphatic heterocycles. The second-order valence-electron chi connectivity index (χ2n) is 5.34. The van der Waals surface area contributed by atoms with Crippen molar-refractivity contribution < 1.29 is 30.7 Å². The molecule has 1 heterocycles. The molecular weight excluding hydrogens is 400 g/mol. The lowest BCUT2D eigenvalue weighted by atomic mass is 9.97. The van der Waals surface area contributed by atoms with Crippen LogP contribution >= 0.6 is 24.8 Å². The van der Waals surface area contributed by atoms with E-state index in [0.717, 1.165) is 0 Å². The highest BCUT2D eigenvalue weighted by Crippen LogP contribution is 2.35. The van der Waals surface area contributed by atoms with Crippen molar-refractivity contribution in [1.29, 1.82) is 0 Å². The summed E-state index contributed by atoms with van der Waals surface area (Å²) in [5.41, 5.74) is -0.978. The Kier molecular flexibility index (Phi) is 9.50. The molecule has 1 aliphatic rings. The Morgan fingerprint density at radius 3 is 1.88 bits per heavy atom. The minimum absolute atomic E-state index is 0. The van der Waals surface area contributed by atoms with Crippen molar-refractivity contribution in [3.63, 3.8) is 0 Å². The van der Waals surface area contributed by atoms with E-state index in [0.29, 0.717) is 13.1 Å². The molecule has 0 bridgehead atoms. The van der Waals surface area contributed by atoms with Crippen molar-refractivity contribution in [2.24, 2.45) is 0 Å². The van der Waals surface area contributed by atoms with E-state index in [2.05, 4.69) is 5.32 Å². The highest BCUT2D eigenvalue weighted by Gasteiger charge is 2.35. The third kappa shape index (κ3) is 6.16. The van der Waals surface area contributed by atoms with Gasteiger partial charge in [-0.1, -0.05) is 0 Å². The van der Waals surface area contributed by atoms with Crippen LogP contribution in [0.15, 0.2) is 6.07 Å². The van der Waals surface area contributed by atoms with E-state index in [1.807, 2.05) is 0 Å². The number of nitrogens with one attached hydrogen (secondary N) is 1. The van der Waals surface area contributed by atoms with Crippen LogP contribution in [0.4, 0.5) is 30.7 Å². The summed E-state index contributed by atoms with van der Waals surface area (Å²) < 4.78 is 92.2. The molecule has 2 rings (SSSR count). The average molecular weight is 417 g/mol. The standard InChI is InChI=1S/C14H15F7N2.2ClH/c15-8-7-9(16)13(18)11(12(8)17)10(1-2-14(19,20)21)23-5-3-22-4-6-23;;/h7,10,22H,1-6H2;2*1H/t10-;;/m0../s1. The van der Waals surface area contributed by atoms with Crippen LogP contribution in [0.25, 0.3) is 0 Å². The summed E-state index contributed by atoms with van der Waals surface area (Å²) in [4.78, 5) is 1.41. The van der Waals surface area contributed by atoms with E-state index in [-0.39, 0.29) is 44.0 Å². The zero-order valence-corrected chi connectivity index (χ0v) is 14.4. The summed E-state index contributed by atoms with van der Waals surface area (Å²) in [6.07, 6.45) is -6.52. The molecule has 0 unspecified atom stereocenters. The van der Waals surface area contributed by atoms with Gasteiger partial charge in [0.05, 0.1) is 0 Å². The fourth-order valence-electron chi connectivity index (χ4n) is 2.69. The Morgan fingerprint density at radius 2 is 1.44 bits per heavy atom. The fraction of sp³-hybridized carbons (Fsp3) is 0.571. The highest BCUT2D eigenvalue weighted by atomic mass is 35.5. The molecule has 0 aromatic heterocycles. The maximum atomic E-state index is 14.0. The first-order chi connectivity index (χ1) is 10.7. The molecule has 0 amide bonds. The van der Waals surface area contributed by atoms with Crippen LogP contribution in [0, 0.1) is 23.3 Å². The molecular formula is C14H17Cl2F7N2. The van der Waals surface area contributed by atoms with E-state index >= 15 is 0 Å². The molecule has 1 N–H and O–H groups in total. The molecule has 0 saturated carbocycles. The van der Waals surface area contributed by atoms with Crippen molar-refractivity contribution in [3.05, 3.63) is 34.9 Å². The summed E-state index contributed by atoms with van der Waals surface area (Å²) >= 11 is 0. The highest BCUT2D eigenvalue weighted by molar-refractivity contribution is 5.85. The smallest absolute Gasteiger partial charge is 0.314 e. The summed E-state index contributed by atoms with van der Waals surface area (Å²) in [7, 11) is 0. The van der Waals surface area contributed by atoms with Gasteiger partial charge < -0.3 is 5.32 Å². The van der Waals surface area contributed by atoms with Crippen molar-refractivity contribution >= 4 is 24.8 Å². The van der Waals surface area contributed by atoms with Gasteiger partial charge in [0.15, 0.2) is 23.3 Å². The number of hydrogen-bond acceptors (Lipinski definition) is 2. The molecule has 2 nitrogen and oxygen atoms in total. The van der Waals surface area contributed by atoms with Gasteiger partial charge in [0.25, 0.3) is 0 Å². The zero-order valence-electron chi connectivity index (χ0n) is 12.8. The number of alkyl halides is 3. The molecule has 1 fully saturated rings. The van der Waals surface area contributed by atoms with Crippen molar-refractivity contribution in [2.45, 2.75) is 25.1 Å². The van der Waals surface area contributed by atoms with E-state index in [1.54, 1.807) is 0 Å². The molecule has 0 spiro atoms. The number of benzene rings is 1.